The summed E-state index contributed by atoms with van der Waals surface area (Å²) in [6, 6.07) is 1.09. The molecule has 0 aromatic carbocycles. The van der Waals surface area contributed by atoms with E-state index in [0.29, 0.717) is 17.8 Å². The second-order valence-corrected chi connectivity index (χ2v) is 8.00. The standard InChI is InChI=1S/C14H28N2OS/c1-14(2,3)18-10-13(17)16(5)12-8-6-11(15-4)7-9-12/h11-12,15H,6-10H2,1-5H3. The van der Waals surface area contributed by atoms with Crippen LogP contribution in [-0.2, 0) is 4.79 Å². The lowest BCUT2D eigenvalue weighted by Gasteiger charge is -2.35. The first kappa shape index (κ1) is 15.8. The summed E-state index contributed by atoms with van der Waals surface area (Å²) in [6.07, 6.45) is 4.64. The zero-order valence-corrected chi connectivity index (χ0v) is 13.3. The van der Waals surface area contributed by atoms with E-state index in [1.165, 1.54) is 12.8 Å². The zero-order chi connectivity index (χ0) is 13.8. The maximum absolute atomic E-state index is 12.1. The van der Waals surface area contributed by atoms with Gasteiger partial charge in [-0.1, -0.05) is 20.8 Å². The van der Waals surface area contributed by atoms with Crippen molar-refractivity contribution in [1.82, 2.24) is 10.2 Å². The predicted molar refractivity (Wildman–Crippen MR) is 80.1 cm³/mol. The Morgan fingerprint density at radius 2 is 1.83 bits per heavy atom. The molecule has 0 atom stereocenters. The largest absolute Gasteiger partial charge is 0.342 e. The van der Waals surface area contributed by atoms with Crippen molar-refractivity contribution in [3.63, 3.8) is 0 Å². The van der Waals surface area contributed by atoms with Gasteiger partial charge in [0.1, 0.15) is 0 Å². The molecule has 3 nitrogen and oxygen atoms in total. The average molecular weight is 272 g/mol. The van der Waals surface area contributed by atoms with E-state index in [2.05, 4.69) is 26.1 Å². The van der Waals surface area contributed by atoms with Gasteiger partial charge in [0, 0.05) is 23.9 Å². The Bertz CT molecular complexity index is 267. The van der Waals surface area contributed by atoms with Crippen LogP contribution in [0.2, 0.25) is 0 Å². The van der Waals surface area contributed by atoms with Gasteiger partial charge >= 0.3 is 0 Å². The molecule has 4 heteroatoms. The molecule has 106 valence electrons. The third-order valence-electron chi connectivity index (χ3n) is 3.67. The van der Waals surface area contributed by atoms with Crippen LogP contribution in [0.5, 0.6) is 0 Å². The summed E-state index contributed by atoms with van der Waals surface area (Å²) >= 11 is 1.74. The molecule has 0 bridgehead atoms. The summed E-state index contributed by atoms with van der Waals surface area (Å²) in [6.45, 7) is 6.47. The normalized spacial score (nSPS) is 24.9. The molecule has 0 spiro atoms. The molecule has 18 heavy (non-hydrogen) atoms. The molecule has 0 saturated heterocycles. The molecule has 1 aliphatic carbocycles. The lowest BCUT2D eigenvalue weighted by atomic mass is 9.90. The molecule has 0 aromatic heterocycles. The first-order valence-electron chi connectivity index (χ1n) is 6.90. The van der Waals surface area contributed by atoms with Crippen molar-refractivity contribution in [2.24, 2.45) is 0 Å². The van der Waals surface area contributed by atoms with E-state index < -0.39 is 0 Å². The van der Waals surface area contributed by atoms with Gasteiger partial charge < -0.3 is 10.2 Å². The van der Waals surface area contributed by atoms with Crippen LogP contribution in [0.1, 0.15) is 46.5 Å². The van der Waals surface area contributed by atoms with Gasteiger partial charge in [0.2, 0.25) is 5.91 Å². The first-order chi connectivity index (χ1) is 8.33. The third-order valence-corrected chi connectivity index (χ3v) is 4.93. The minimum absolute atomic E-state index is 0.167. The summed E-state index contributed by atoms with van der Waals surface area (Å²) in [4.78, 5) is 14.1. The van der Waals surface area contributed by atoms with Crippen molar-refractivity contribution in [2.75, 3.05) is 19.8 Å². The van der Waals surface area contributed by atoms with Crippen molar-refractivity contribution in [3.05, 3.63) is 0 Å². The minimum Gasteiger partial charge on any atom is -0.342 e. The van der Waals surface area contributed by atoms with Gasteiger partial charge in [-0.05, 0) is 32.7 Å². The number of carbonyl (C=O) groups is 1. The minimum atomic E-state index is 0.167. The van der Waals surface area contributed by atoms with E-state index in [1.54, 1.807) is 11.8 Å². The number of nitrogens with zero attached hydrogens (tertiary/aromatic N) is 1. The van der Waals surface area contributed by atoms with Gasteiger partial charge in [-0.3, -0.25) is 4.79 Å². The Labute approximate surface area is 116 Å². The van der Waals surface area contributed by atoms with Gasteiger partial charge in [-0.25, -0.2) is 0 Å². The van der Waals surface area contributed by atoms with Gasteiger partial charge in [-0.15, -0.1) is 11.8 Å². The number of rotatable bonds is 4. The molecule has 0 radical (unpaired) electrons. The Kier molecular flexibility index (Phi) is 5.99. The maximum atomic E-state index is 12.1. The summed E-state index contributed by atoms with van der Waals surface area (Å²) in [7, 11) is 4.00. The average Bonchev–Trinajstić information content (AvgIpc) is 2.34. The Morgan fingerprint density at radius 1 is 1.28 bits per heavy atom. The molecule has 0 heterocycles. The van der Waals surface area contributed by atoms with Crippen molar-refractivity contribution in [3.8, 4) is 0 Å². The SMILES string of the molecule is CNC1CCC(N(C)C(=O)CSC(C)(C)C)CC1. The first-order valence-corrected chi connectivity index (χ1v) is 7.89. The third kappa shape index (κ3) is 5.19. The number of hydrogen-bond acceptors (Lipinski definition) is 3. The molecule has 0 aliphatic heterocycles. The number of hydrogen-bond donors (Lipinski definition) is 1. The van der Waals surface area contributed by atoms with Crippen LogP contribution in [0.15, 0.2) is 0 Å². The fourth-order valence-corrected chi connectivity index (χ4v) is 3.10. The van der Waals surface area contributed by atoms with Crippen LogP contribution in [0.25, 0.3) is 0 Å². The molecule has 1 fully saturated rings. The molecule has 1 rings (SSSR count). The zero-order valence-electron chi connectivity index (χ0n) is 12.5. The van der Waals surface area contributed by atoms with Crippen molar-refractivity contribution in [1.29, 1.82) is 0 Å². The highest BCUT2D eigenvalue weighted by atomic mass is 32.2. The topological polar surface area (TPSA) is 32.3 Å². The molecule has 0 aromatic rings. The van der Waals surface area contributed by atoms with Gasteiger partial charge in [0.15, 0.2) is 0 Å². The van der Waals surface area contributed by atoms with E-state index in [1.807, 2.05) is 19.0 Å². The van der Waals surface area contributed by atoms with E-state index in [9.17, 15) is 4.79 Å². The van der Waals surface area contributed by atoms with Gasteiger partial charge in [0.25, 0.3) is 0 Å². The van der Waals surface area contributed by atoms with Crippen LogP contribution in [0.3, 0.4) is 0 Å². The Morgan fingerprint density at radius 3 is 2.28 bits per heavy atom. The summed E-state index contributed by atoms with van der Waals surface area (Å²) in [5, 5.41) is 3.33. The monoisotopic (exact) mass is 272 g/mol. The van der Waals surface area contributed by atoms with Crippen molar-refractivity contribution in [2.45, 2.75) is 63.3 Å². The number of carbonyl (C=O) groups excluding carboxylic acids is 1. The predicted octanol–water partition coefficient (Wildman–Crippen LogP) is 2.51. The van der Waals surface area contributed by atoms with Gasteiger partial charge in [-0.2, -0.15) is 0 Å². The second-order valence-electron chi connectivity index (χ2n) is 6.20. The fourth-order valence-electron chi connectivity index (χ4n) is 2.34. The van der Waals surface area contributed by atoms with Gasteiger partial charge in [0.05, 0.1) is 5.75 Å². The molecule has 1 aliphatic rings. The van der Waals surface area contributed by atoms with Crippen LogP contribution in [-0.4, -0.2) is 47.5 Å². The highest BCUT2D eigenvalue weighted by molar-refractivity contribution is 8.01. The smallest absolute Gasteiger partial charge is 0.232 e. The summed E-state index contributed by atoms with van der Waals surface area (Å²) in [5.74, 6) is 0.884. The van der Waals surface area contributed by atoms with Crippen molar-refractivity contribution < 1.29 is 4.79 Å². The molecule has 0 unspecified atom stereocenters. The van der Waals surface area contributed by atoms with Crippen LogP contribution >= 0.6 is 11.8 Å². The molecule has 1 N–H and O–H groups in total. The van der Waals surface area contributed by atoms with E-state index >= 15 is 0 Å². The molecule has 1 saturated carbocycles. The summed E-state index contributed by atoms with van der Waals surface area (Å²) < 4.78 is 0.167. The van der Waals surface area contributed by atoms with E-state index in [4.69, 9.17) is 0 Å². The quantitative estimate of drug-likeness (QED) is 0.853. The number of amides is 1. The molecular formula is C14H28N2OS. The number of thioether (sulfide) groups is 1. The lowest BCUT2D eigenvalue weighted by molar-refractivity contribution is -0.129. The highest BCUT2D eigenvalue weighted by Gasteiger charge is 2.26. The van der Waals surface area contributed by atoms with E-state index in [-0.39, 0.29) is 10.7 Å². The van der Waals surface area contributed by atoms with E-state index in [0.717, 1.165) is 12.8 Å². The Balaban J connectivity index is 2.35. The van der Waals surface area contributed by atoms with Crippen LogP contribution < -0.4 is 5.32 Å². The fraction of sp³-hybridized carbons (Fsp3) is 0.929. The van der Waals surface area contributed by atoms with Crippen molar-refractivity contribution >= 4 is 17.7 Å². The molecule has 1 amide bonds. The second kappa shape index (κ2) is 6.80. The van der Waals surface area contributed by atoms with Crippen LogP contribution in [0, 0.1) is 0 Å². The maximum Gasteiger partial charge on any atom is 0.232 e. The van der Waals surface area contributed by atoms with Crippen LogP contribution in [0.4, 0.5) is 0 Å². The lowest BCUT2D eigenvalue weighted by Crippen LogP contribution is -2.43. The number of nitrogens with one attached hydrogen (secondary N) is 1. The Hall–Kier alpha value is -0.220. The summed E-state index contributed by atoms with van der Waals surface area (Å²) in [5.41, 5.74) is 0. The molecular weight excluding hydrogens is 244 g/mol. The highest BCUT2D eigenvalue weighted by Crippen LogP contribution is 2.26.